The Morgan fingerprint density at radius 1 is 1.33 bits per heavy atom. The summed E-state index contributed by atoms with van der Waals surface area (Å²) in [5.41, 5.74) is 3.42. The van der Waals surface area contributed by atoms with E-state index in [1.165, 1.54) is 0 Å². The molecule has 0 bridgehead atoms. The van der Waals surface area contributed by atoms with Crippen LogP contribution in [0.2, 0.25) is 0 Å². The highest BCUT2D eigenvalue weighted by molar-refractivity contribution is 7.09. The molecular formula is C18H20N2O3S. The van der Waals surface area contributed by atoms with Crippen LogP contribution in [0.1, 0.15) is 45.0 Å². The summed E-state index contributed by atoms with van der Waals surface area (Å²) in [5.74, 6) is -0.798. The average Bonchev–Trinajstić information content (AvgIpc) is 2.99. The third-order valence-corrected chi connectivity index (χ3v) is 5.13. The molecule has 24 heavy (non-hydrogen) atoms. The van der Waals surface area contributed by atoms with Crippen LogP contribution < -0.4 is 0 Å². The van der Waals surface area contributed by atoms with Gasteiger partial charge in [0.25, 0.3) is 0 Å². The molecule has 0 atom stereocenters. The topological polar surface area (TPSA) is 70.5 Å². The lowest BCUT2D eigenvalue weighted by Crippen LogP contribution is -2.36. The van der Waals surface area contributed by atoms with E-state index in [1.54, 1.807) is 23.5 Å². The number of fused-ring (bicyclic) bond motifs is 1. The SMILES string of the molecule is Cc1nc(CCCC(=O)N2CCc3ccc(C(=O)O)cc3C2)cs1. The summed E-state index contributed by atoms with van der Waals surface area (Å²) in [6.45, 7) is 3.19. The van der Waals surface area contributed by atoms with Gasteiger partial charge in [-0.05, 0) is 49.4 Å². The van der Waals surface area contributed by atoms with Crippen LogP contribution in [0.15, 0.2) is 23.6 Å². The molecule has 1 aromatic carbocycles. The molecule has 2 heterocycles. The molecule has 0 radical (unpaired) electrons. The zero-order valence-corrected chi connectivity index (χ0v) is 14.4. The number of amides is 1. The van der Waals surface area contributed by atoms with E-state index in [4.69, 9.17) is 5.11 Å². The quantitative estimate of drug-likeness (QED) is 0.905. The van der Waals surface area contributed by atoms with Crippen LogP contribution in [0.4, 0.5) is 0 Å². The maximum absolute atomic E-state index is 12.4. The number of aromatic nitrogens is 1. The van der Waals surface area contributed by atoms with E-state index in [2.05, 4.69) is 4.98 Å². The third-order valence-electron chi connectivity index (χ3n) is 4.31. The minimum absolute atomic E-state index is 0.133. The molecule has 1 aliphatic rings. The zero-order chi connectivity index (χ0) is 17.1. The maximum Gasteiger partial charge on any atom is 0.335 e. The first-order valence-corrected chi connectivity index (χ1v) is 8.95. The van der Waals surface area contributed by atoms with Gasteiger partial charge in [-0.15, -0.1) is 11.3 Å². The molecule has 0 saturated carbocycles. The fourth-order valence-electron chi connectivity index (χ4n) is 3.00. The highest BCUT2D eigenvalue weighted by Gasteiger charge is 2.21. The smallest absolute Gasteiger partial charge is 0.335 e. The van der Waals surface area contributed by atoms with Gasteiger partial charge in [0.2, 0.25) is 5.91 Å². The molecule has 0 saturated heterocycles. The summed E-state index contributed by atoms with van der Waals surface area (Å²) in [6, 6.07) is 5.19. The van der Waals surface area contributed by atoms with Crippen LogP contribution in [-0.4, -0.2) is 33.4 Å². The number of thiazole rings is 1. The fraction of sp³-hybridized carbons (Fsp3) is 0.389. The number of benzene rings is 1. The summed E-state index contributed by atoms with van der Waals surface area (Å²) in [5, 5.41) is 12.2. The van der Waals surface area contributed by atoms with Crippen molar-refractivity contribution in [2.45, 2.75) is 39.2 Å². The lowest BCUT2D eigenvalue weighted by Gasteiger charge is -2.29. The van der Waals surface area contributed by atoms with Crippen molar-refractivity contribution >= 4 is 23.2 Å². The van der Waals surface area contributed by atoms with Crippen LogP contribution in [0, 0.1) is 6.92 Å². The molecular weight excluding hydrogens is 324 g/mol. The average molecular weight is 344 g/mol. The molecule has 1 amide bonds. The molecule has 0 unspecified atom stereocenters. The van der Waals surface area contributed by atoms with Crippen LogP contribution in [0.25, 0.3) is 0 Å². The number of hydrogen-bond acceptors (Lipinski definition) is 4. The van der Waals surface area contributed by atoms with Crippen molar-refractivity contribution in [2.75, 3.05) is 6.54 Å². The van der Waals surface area contributed by atoms with Gasteiger partial charge in [0.05, 0.1) is 16.3 Å². The van der Waals surface area contributed by atoms with E-state index in [0.717, 1.165) is 41.1 Å². The first-order valence-electron chi connectivity index (χ1n) is 8.07. The van der Waals surface area contributed by atoms with Crippen molar-refractivity contribution in [2.24, 2.45) is 0 Å². The summed E-state index contributed by atoms with van der Waals surface area (Å²) in [7, 11) is 0. The Hall–Kier alpha value is -2.21. The molecule has 1 aliphatic heterocycles. The van der Waals surface area contributed by atoms with Gasteiger partial charge in [0.1, 0.15) is 0 Å². The second-order valence-electron chi connectivity index (χ2n) is 6.07. The van der Waals surface area contributed by atoms with Gasteiger partial charge in [0, 0.05) is 24.9 Å². The number of carbonyl (C=O) groups excluding carboxylic acids is 1. The van der Waals surface area contributed by atoms with Crippen LogP contribution >= 0.6 is 11.3 Å². The summed E-state index contributed by atoms with van der Waals surface area (Å²) in [4.78, 5) is 29.8. The first-order chi connectivity index (χ1) is 11.5. The molecule has 0 fully saturated rings. The van der Waals surface area contributed by atoms with Gasteiger partial charge >= 0.3 is 5.97 Å². The van der Waals surface area contributed by atoms with E-state index >= 15 is 0 Å². The third kappa shape index (κ3) is 3.82. The number of hydrogen-bond donors (Lipinski definition) is 1. The molecule has 2 aromatic rings. The summed E-state index contributed by atoms with van der Waals surface area (Å²) >= 11 is 1.63. The fourth-order valence-corrected chi connectivity index (χ4v) is 3.65. The summed E-state index contributed by atoms with van der Waals surface area (Å²) in [6.07, 6.45) is 2.90. The number of aromatic carboxylic acids is 1. The Labute approximate surface area is 145 Å². The van der Waals surface area contributed by atoms with Crippen LogP contribution in [-0.2, 0) is 24.2 Å². The largest absolute Gasteiger partial charge is 0.478 e. The Morgan fingerprint density at radius 2 is 2.17 bits per heavy atom. The predicted octanol–water partition coefficient (Wildman–Crippen LogP) is 3.06. The molecule has 0 spiro atoms. The number of rotatable bonds is 5. The van der Waals surface area contributed by atoms with E-state index < -0.39 is 5.97 Å². The second kappa shape index (κ2) is 7.13. The van der Waals surface area contributed by atoms with Crippen molar-refractivity contribution < 1.29 is 14.7 Å². The van der Waals surface area contributed by atoms with Gasteiger partial charge in [-0.2, -0.15) is 0 Å². The van der Waals surface area contributed by atoms with Gasteiger partial charge < -0.3 is 10.0 Å². The first kappa shape index (κ1) is 16.6. The van der Waals surface area contributed by atoms with E-state index in [0.29, 0.717) is 19.5 Å². The lowest BCUT2D eigenvalue weighted by molar-refractivity contribution is -0.132. The predicted molar refractivity (Wildman–Crippen MR) is 92.3 cm³/mol. The van der Waals surface area contributed by atoms with E-state index in [-0.39, 0.29) is 11.5 Å². The highest BCUT2D eigenvalue weighted by Crippen LogP contribution is 2.21. The molecule has 1 aromatic heterocycles. The minimum atomic E-state index is -0.931. The van der Waals surface area contributed by atoms with E-state index in [9.17, 15) is 9.59 Å². The maximum atomic E-state index is 12.4. The molecule has 0 aliphatic carbocycles. The number of nitrogens with zero attached hydrogens (tertiary/aromatic N) is 2. The lowest BCUT2D eigenvalue weighted by atomic mass is 9.97. The normalized spacial score (nSPS) is 13.6. The Kier molecular flexibility index (Phi) is 4.94. The molecule has 126 valence electrons. The molecule has 6 heteroatoms. The zero-order valence-electron chi connectivity index (χ0n) is 13.6. The van der Waals surface area contributed by atoms with Gasteiger partial charge in [0.15, 0.2) is 0 Å². The Morgan fingerprint density at radius 3 is 2.88 bits per heavy atom. The molecule has 5 nitrogen and oxygen atoms in total. The van der Waals surface area contributed by atoms with Crippen molar-refractivity contribution in [3.8, 4) is 0 Å². The Balaban J connectivity index is 1.56. The number of carbonyl (C=O) groups is 2. The summed E-state index contributed by atoms with van der Waals surface area (Å²) < 4.78 is 0. The Bertz CT molecular complexity index is 769. The minimum Gasteiger partial charge on any atom is -0.478 e. The van der Waals surface area contributed by atoms with Crippen molar-refractivity contribution in [3.63, 3.8) is 0 Å². The molecule has 3 rings (SSSR count). The van der Waals surface area contributed by atoms with Crippen LogP contribution in [0.3, 0.4) is 0 Å². The molecule has 1 N–H and O–H groups in total. The van der Waals surface area contributed by atoms with Crippen molar-refractivity contribution in [1.82, 2.24) is 9.88 Å². The van der Waals surface area contributed by atoms with Gasteiger partial charge in [-0.25, -0.2) is 9.78 Å². The number of carboxylic acids is 1. The van der Waals surface area contributed by atoms with Gasteiger partial charge in [-0.3, -0.25) is 4.79 Å². The monoisotopic (exact) mass is 344 g/mol. The van der Waals surface area contributed by atoms with E-state index in [1.807, 2.05) is 23.3 Å². The van der Waals surface area contributed by atoms with Crippen molar-refractivity contribution in [3.05, 3.63) is 51.0 Å². The number of aryl methyl sites for hydroxylation is 2. The number of carboxylic acid groups (broad SMARTS) is 1. The second-order valence-corrected chi connectivity index (χ2v) is 7.13. The van der Waals surface area contributed by atoms with Gasteiger partial charge in [-0.1, -0.05) is 6.07 Å². The highest BCUT2D eigenvalue weighted by atomic mass is 32.1. The standard InChI is InChI=1S/C18H20N2O3S/c1-12-19-16(11-24-12)3-2-4-17(21)20-8-7-13-5-6-14(18(22)23)9-15(13)10-20/h5-6,9,11H,2-4,7-8,10H2,1H3,(H,22,23). The van der Waals surface area contributed by atoms with Crippen molar-refractivity contribution in [1.29, 1.82) is 0 Å². The van der Waals surface area contributed by atoms with Crippen LogP contribution in [0.5, 0.6) is 0 Å².